The summed E-state index contributed by atoms with van der Waals surface area (Å²) in [4.78, 5) is 14.8. The van der Waals surface area contributed by atoms with Crippen molar-refractivity contribution in [2.45, 2.75) is 13.8 Å². The van der Waals surface area contributed by atoms with Crippen molar-refractivity contribution in [3.63, 3.8) is 0 Å². The molecule has 3 heterocycles. The second-order valence-electron chi connectivity index (χ2n) is 9.79. The number of carbonyl (C=O) groups is 1. The van der Waals surface area contributed by atoms with Crippen molar-refractivity contribution in [2.75, 3.05) is 0 Å². The van der Waals surface area contributed by atoms with Gasteiger partial charge in [-0.2, -0.15) is 0 Å². The van der Waals surface area contributed by atoms with Crippen LogP contribution in [-0.4, -0.2) is 25.0 Å². The molecule has 0 radical (unpaired) electrons. The van der Waals surface area contributed by atoms with Gasteiger partial charge in [-0.05, 0) is 55.3 Å². The van der Waals surface area contributed by atoms with Gasteiger partial charge in [0.05, 0.1) is 11.3 Å². The van der Waals surface area contributed by atoms with Gasteiger partial charge in [0.2, 0.25) is 0 Å². The van der Waals surface area contributed by atoms with E-state index in [0.29, 0.717) is 0 Å². The average molecular weight is 730 g/mol. The molecule has 0 atom stereocenters. The predicted molar refractivity (Wildman–Crippen MR) is 167 cm³/mol. The van der Waals surface area contributed by atoms with E-state index in [1.807, 2.05) is 18.3 Å². The number of aromatic nitrogens is 3. The first-order valence-corrected chi connectivity index (χ1v) is 13.4. The van der Waals surface area contributed by atoms with E-state index in [1.165, 1.54) is 42.0 Å². The van der Waals surface area contributed by atoms with Crippen LogP contribution < -0.4 is 0 Å². The van der Waals surface area contributed by atoms with E-state index in [0.717, 1.165) is 33.4 Å². The smallest absolute Gasteiger partial charge is 0.155 e. The van der Waals surface area contributed by atoms with Gasteiger partial charge < -0.3 is 14.7 Å². The third kappa shape index (κ3) is 5.32. The summed E-state index contributed by atoms with van der Waals surface area (Å²) in [6.07, 6.45) is 3.03. The van der Waals surface area contributed by atoms with Crippen molar-refractivity contribution in [3.05, 3.63) is 139 Å². The summed E-state index contributed by atoms with van der Waals surface area (Å²) in [6, 6.07) is 43.7. The standard InChI is InChI=1S/C31H20N3.C5H8O2.Pt/c1-3-12-22(13-4-1)29-24-16-7-9-18-26(24)33(23-14-5-2-6-15-23)31(29)34-27-19-10-8-17-25(27)30-28(34)20-11-21-32-30;1-4(6)3-5(2)7;/h1-16,18-21H;3,6H,1-2H3;/q-1;;/b;4-3-;. The van der Waals surface area contributed by atoms with Gasteiger partial charge >= 0.3 is 0 Å². The molecule has 0 saturated carbocycles. The third-order valence-corrected chi connectivity index (χ3v) is 6.89. The Morgan fingerprint density at radius 3 is 2.10 bits per heavy atom. The zero-order valence-corrected chi connectivity index (χ0v) is 25.4. The molecule has 42 heavy (non-hydrogen) atoms. The predicted octanol–water partition coefficient (Wildman–Crippen LogP) is 8.62. The Morgan fingerprint density at radius 1 is 0.762 bits per heavy atom. The molecule has 0 aliphatic rings. The van der Waals surface area contributed by atoms with Gasteiger partial charge in [0, 0.05) is 61.0 Å². The number of para-hydroxylation sites is 2. The fourth-order valence-electron chi connectivity index (χ4n) is 5.39. The molecule has 7 aromatic rings. The summed E-state index contributed by atoms with van der Waals surface area (Å²) in [5.74, 6) is 1.04. The zero-order chi connectivity index (χ0) is 28.3. The Kier molecular flexibility index (Phi) is 8.51. The van der Waals surface area contributed by atoms with Gasteiger partial charge in [-0.3, -0.25) is 9.36 Å². The first-order chi connectivity index (χ1) is 20.0. The summed E-state index contributed by atoms with van der Waals surface area (Å²) < 4.78 is 4.72. The van der Waals surface area contributed by atoms with Crippen LogP contribution in [0.15, 0.2) is 133 Å². The van der Waals surface area contributed by atoms with Crippen molar-refractivity contribution < 1.29 is 31.0 Å². The van der Waals surface area contributed by atoms with E-state index >= 15 is 0 Å². The molecule has 6 heteroatoms. The zero-order valence-electron chi connectivity index (χ0n) is 23.1. The van der Waals surface area contributed by atoms with Gasteiger partial charge in [0.25, 0.3) is 0 Å². The molecule has 0 aliphatic carbocycles. The number of rotatable bonds is 4. The normalized spacial score (nSPS) is 11.2. The number of carbonyl (C=O) groups excluding carboxylic acids is 1. The fourth-order valence-corrected chi connectivity index (χ4v) is 5.39. The topological polar surface area (TPSA) is 60.0 Å². The molecule has 0 saturated heterocycles. The molecule has 3 aromatic heterocycles. The minimum atomic E-state index is -0.125. The summed E-state index contributed by atoms with van der Waals surface area (Å²) in [7, 11) is 0. The van der Waals surface area contributed by atoms with Crippen LogP contribution >= 0.6 is 0 Å². The fraction of sp³-hybridized carbons (Fsp3) is 0.0556. The summed E-state index contributed by atoms with van der Waals surface area (Å²) in [6.45, 7) is 2.85. The van der Waals surface area contributed by atoms with E-state index in [9.17, 15) is 4.79 Å². The number of aliphatic hydroxyl groups is 1. The number of hydrogen-bond donors (Lipinski definition) is 1. The Balaban J connectivity index is 0.000000396. The molecular formula is C36H28N3O2Pt-. The molecular weight excluding hydrogens is 701 g/mol. The number of ketones is 1. The van der Waals surface area contributed by atoms with Crippen molar-refractivity contribution in [1.82, 2.24) is 14.1 Å². The summed E-state index contributed by atoms with van der Waals surface area (Å²) in [5.41, 5.74) is 7.79. The Hall–Kier alpha value is -4.73. The Bertz CT molecular complexity index is 1910. The number of pyridine rings is 1. The monoisotopic (exact) mass is 729 g/mol. The number of benzene rings is 4. The minimum Gasteiger partial charge on any atom is -0.512 e. The molecule has 5 nitrogen and oxygen atoms in total. The van der Waals surface area contributed by atoms with Crippen LogP contribution in [0.5, 0.6) is 0 Å². The van der Waals surface area contributed by atoms with Crippen LogP contribution in [0.4, 0.5) is 0 Å². The second kappa shape index (κ2) is 12.4. The molecule has 0 fully saturated rings. The number of aliphatic hydroxyl groups excluding tert-OH is 1. The average Bonchev–Trinajstić information content (AvgIpc) is 3.50. The molecule has 0 spiro atoms. The summed E-state index contributed by atoms with van der Waals surface area (Å²) >= 11 is 0. The second-order valence-corrected chi connectivity index (χ2v) is 9.79. The van der Waals surface area contributed by atoms with E-state index < -0.39 is 0 Å². The van der Waals surface area contributed by atoms with Crippen LogP contribution in [0.1, 0.15) is 13.8 Å². The van der Waals surface area contributed by atoms with Gasteiger partial charge in [-0.15, -0.1) is 24.3 Å². The number of nitrogens with zero attached hydrogens (tertiary/aromatic N) is 3. The molecule has 0 aliphatic heterocycles. The van der Waals surface area contributed by atoms with E-state index in [4.69, 9.17) is 10.1 Å². The van der Waals surface area contributed by atoms with Crippen LogP contribution in [-0.2, 0) is 25.9 Å². The molecule has 7 rings (SSSR count). The number of hydrogen-bond acceptors (Lipinski definition) is 3. The molecule has 210 valence electrons. The van der Waals surface area contributed by atoms with Crippen molar-refractivity contribution in [3.8, 4) is 22.6 Å². The van der Waals surface area contributed by atoms with Gasteiger partial charge in [0.15, 0.2) is 5.78 Å². The van der Waals surface area contributed by atoms with Gasteiger partial charge in [0.1, 0.15) is 5.82 Å². The molecule has 1 N–H and O–H groups in total. The first kappa shape index (κ1) is 28.8. The minimum absolute atomic E-state index is 0. The van der Waals surface area contributed by atoms with Crippen LogP contribution in [0.2, 0.25) is 0 Å². The molecule has 4 aromatic carbocycles. The Morgan fingerprint density at radius 2 is 1.40 bits per heavy atom. The molecule has 0 amide bonds. The van der Waals surface area contributed by atoms with Crippen molar-refractivity contribution in [2.24, 2.45) is 0 Å². The van der Waals surface area contributed by atoms with Gasteiger partial charge in [-0.1, -0.05) is 72.1 Å². The van der Waals surface area contributed by atoms with Gasteiger partial charge in [-0.25, -0.2) is 0 Å². The quantitative estimate of drug-likeness (QED) is 0.112. The Labute approximate surface area is 258 Å². The largest absolute Gasteiger partial charge is 0.512 e. The number of fused-ring (bicyclic) bond motifs is 4. The number of allylic oxidation sites excluding steroid dienone is 2. The third-order valence-electron chi connectivity index (χ3n) is 6.89. The van der Waals surface area contributed by atoms with E-state index in [-0.39, 0.29) is 32.6 Å². The first-order valence-electron chi connectivity index (χ1n) is 13.4. The molecule has 0 unspecified atom stereocenters. The van der Waals surface area contributed by atoms with E-state index in [2.05, 4.69) is 118 Å². The van der Waals surface area contributed by atoms with Crippen LogP contribution in [0.3, 0.4) is 0 Å². The van der Waals surface area contributed by atoms with Crippen molar-refractivity contribution in [1.29, 1.82) is 0 Å². The SMILES string of the molecule is CC(=O)/C=C(/C)O.[Pt].[c-]1cccc2c1c1ncccc1n2-c1c(-c2ccccc2)c2ccccc2n1-c1ccccc1. The van der Waals surface area contributed by atoms with E-state index in [1.54, 1.807) is 0 Å². The summed E-state index contributed by atoms with van der Waals surface area (Å²) in [5, 5.41) is 10.6. The maximum Gasteiger partial charge on any atom is 0.155 e. The maximum atomic E-state index is 10.0. The van der Waals surface area contributed by atoms with Crippen LogP contribution in [0, 0.1) is 6.07 Å². The van der Waals surface area contributed by atoms with Crippen LogP contribution in [0.25, 0.3) is 55.5 Å². The maximum absolute atomic E-state index is 10.0. The van der Waals surface area contributed by atoms with Crippen molar-refractivity contribution >= 4 is 38.6 Å². The molecule has 0 bridgehead atoms.